The van der Waals surface area contributed by atoms with Gasteiger partial charge in [0.05, 0.1) is 31.1 Å². The Hall–Kier alpha value is -3.95. The number of amides is 2. The normalized spacial score (nSPS) is 10.8. The molecule has 0 unspecified atom stereocenters. The minimum absolute atomic E-state index is 0.206. The molecule has 0 saturated carbocycles. The summed E-state index contributed by atoms with van der Waals surface area (Å²) in [6, 6.07) is 13.3. The highest BCUT2D eigenvalue weighted by atomic mass is 35.5. The Bertz CT molecular complexity index is 1380. The van der Waals surface area contributed by atoms with Gasteiger partial charge in [-0.1, -0.05) is 29.3 Å². The summed E-state index contributed by atoms with van der Waals surface area (Å²) in [5.41, 5.74) is 4.83. The molecule has 0 fully saturated rings. The Morgan fingerprint density at radius 2 is 1.52 bits per heavy atom. The largest absolute Gasteiger partial charge is 0.490 e. The predicted molar refractivity (Wildman–Crippen MR) is 157 cm³/mol. The number of halogens is 2. The summed E-state index contributed by atoms with van der Waals surface area (Å²) in [5.74, 6) is 0.732. The van der Waals surface area contributed by atoms with E-state index in [2.05, 4.69) is 15.8 Å². The van der Waals surface area contributed by atoms with Gasteiger partial charge in [0.1, 0.15) is 0 Å². The van der Waals surface area contributed by atoms with Crippen molar-refractivity contribution >= 4 is 46.9 Å². The average Bonchev–Trinajstić information content (AvgIpc) is 2.91. The maximum Gasteiger partial charge on any atom is 0.271 e. The van der Waals surface area contributed by atoms with E-state index in [1.54, 1.807) is 49.4 Å². The molecule has 9 nitrogen and oxygen atoms in total. The van der Waals surface area contributed by atoms with Crippen molar-refractivity contribution in [2.75, 3.05) is 31.7 Å². The predicted octanol–water partition coefficient (Wildman–Crippen LogP) is 6.28. The van der Waals surface area contributed by atoms with Crippen LogP contribution in [0.2, 0.25) is 10.0 Å². The van der Waals surface area contributed by atoms with Crippen molar-refractivity contribution < 1.29 is 28.5 Å². The molecule has 2 N–H and O–H groups in total. The smallest absolute Gasteiger partial charge is 0.271 e. The number of nitrogens with one attached hydrogen (secondary N) is 2. The molecule has 0 saturated heterocycles. The number of rotatable bonds is 13. The van der Waals surface area contributed by atoms with Gasteiger partial charge in [-0.3, -0.25) is 9.59 Å². The fourth-order valence-electron chi connectivity index (χ4n) is 3.49. The van der Waals surface area contributed by atoms with E-state index >= 15 is 0 Å². The van der Waals surface area contributed by atoms with Crippen molar-refractivity contribution in [3.05, 3.63) is 75.3 Å². The van der Waals surface area contributed by atoms with Gasteiger partial charge in [-0.05, 0) is 81.3 Å². The Morgan fingerprint density at radius 1 is 0.825 bits per heavy atom. The molecule has 212 valence electrons. The number of ether oxygens (including phenoxy) is 4. The van der Waals surface area contributed by atoms with Crippen LogP contribution in [0.25, 0.3) is 0 Å². The number of carbonyl (C=O) groups is 2. The van der Waals surface area contributed by atoms with E-state index in [4.69, 9.17) is 42.1 Å². The van der Waals surface area contributed by atoms with Crippen LogP contribution < -0.4 is 29.7 Å². The first kappa shape index (κ1) is 30.6. The van der Waals surface area contributed by atoms with Crippen LogP contribution in [-0.4, -0.2) is 44.5 Å². The number of benzene rings is 3. The molecule has 3 rings (SSSR count). The van der Waals surface area contributed by atoms with Crippen LogP contribution in [0.1, 0.15) is 42.3 Å². The number of aryl methyl sites for hydroxylation is 1. The summed E-state index contributed by atoms with van der Waals surface area (Å²) in [6.45, 7) is 8.32. The number of anilines is 1. The van der Waals surface area contributed by atoms with Crippen LogP contribution in [-0.2, 0) is 4.79 Å². The Labute approximate surface area is 243 Å². The van der Waals surface area contributed by atoms with Gasteiger partial charge in [-0.15, -0.1) is 0 Å². The standard InChI is InChI=1S/C29H31Cl2N3O6/c1-5-37-24-11-9-20(14-25(24)38-6-2)29(36)34-32-16-19-12-23(31)28(26(13-19)39-7-3)40-17-27(35)33-21-10-8-18(4)22(30)15-21/h8-16H,5-7,17H2,1-4H3,(H,33,35)(H,34,36)/b32-16+. The van der Waals surface area contributed by atoms with E-state index in [1.165, 1.54) is 6.21 Å². The molecular formula is C29H31Cl2N3O6. The molecule has 0 radical (unpaired) electrons. The highest BCUT2D eigenvalue weighted by molar-refractivity contribution is 6.32. The summed E-state index contributed by atoms with van der Waals surface area (Å²) in [7, 11) is 0. The fraction of sp³-hybridized carbons (Fsp3) is 0.276. The lowest BCUT2D eigenvalue weighted by molar-refractivity contribution is -0.118. The average molecular weight is 588 g/mol. The minimum atomic E-state index is -0.433. The summed E-state index contributed by atoms with van der Waals surface area (Å²) < 4.78 is 22.5. The molecule has 0 heterocycles. The Kier molecular flexibility index (Phi) is 11.5. The van der Waals surface area contributed by atoms with Crippen molar-refractivity contribution in [2.24, 2.45) is 5.10 Å². The van der Waals surface area contributed by atoms with Gasteiger partial charge in [0.25, 0.3) is 11.8 Å². The Morgan fingerprint density at radius 3 is 2.23 bits per heavy atom. The monoisotopic (exact) mass is 587 g/mol. The SMILES string of the molecule is CCOc1ccc(C(=O)N/N=C/c2cc(Cl)c(OCC(=O)Nc3ccc(C)c(Cl)c3)c(OCC)c2)cc1OCC. The van der Waals surface area contributed by atoms with Crippen molar-refractivity contribution in [1.82, 2.24) is 5.43 Å². The number of hydrogen-bond donors (Lipinski definition) is 2. The molecule has 0 atom stereocenters. The van der Waals surface area contributed by atoms with Crippen molar-refractivity contribution in [3.8, 4) is 23.0 Å². The van der Waals surface area contributed by atoms with Gasteiger partial charge in [0, 0.05) is 16.3 Å². The van der Waals surface area contributed by atoms with Crippen molar-refractivity contribution in [3.63, 3.8) is 0 Å². The molecule has 0 aliphatic heterocycles. The zero-order chi connectivity index (χ0) is 29.1. The maximum atomic E-state index is 12.6. The number of hydrogen-bond acceptors (Lipinski definition) is 7. The van der Waals surface area contributed by atoms with E-state index in [0.29, 0.717) is 58.9 Å². The zero-order valence-corrected chi connectivity index (χ0v) is 24.2. The van der Waals surface area contributed by atoms with Crippen LogP contribution in [0.15, 0.2) is 53.6 Å². The third kappa shape index (κ3) is 8.53. The van der Waals surface area contributed by atoms with E-state index in [0.717, 1.165) is 5.56 Å². The summed E-state index contributed by atoms with van der Waals surface area (Å²) in [4.78, 5) is 25.1. The molecule has 0 aromatic heterocycles. The van der Waals surface area contributed by atoms with E-state index in [-0.39, 0.29) is 17.4 Å². The molecule has 40 heavy (non-hydrogen) atoms. The van der Waals surface area contributed by atoms with Crippen LogP contribution in [0.5, 0.6) is 23.0 Å². The number of carbonyl (C=O) groups excluding carboxylic acids is 2. The fourth-order valence-corrected chi connectivity index (χ4v) is 3.95. The second-order valence-electron chi connectivity index (χ2n) is 8.29. The van der Waals surface area contributed by atoms with Gasteiger partial charge in [0.2, 0.25) is 0 Å². The van der Waals surface area contributed by atoms with E-state index in [9.17, 15) is 9.59 Å². The lowest BCUT2D eigenvalue weighted by atomic mass is 10.2. The van der Waals surface area contributed by atoms with Crippen LogP contribution in [0.4, 0.5) is 5.69 Å². The highest BCUT2D eigenvalue weighted by Gasteiger charge is 2.15. The topological polar surface area (TPSA) is 107 Å². The third-order valence-electron chi connectivity index (χ3n) is 5.32. The molecule has 11 heteroatoms. The minimum Gasteiger partial charge on any atom is -0.490 e. The summed E-state index contributed by atoms with van der Waals surface area (Å²) >= 11 is 12.6. The molecule has 0 aliphatic rings. The molecule has 0 spiro atoms. The first-order valence-corrected chi connectivity index (χ1v) is 13.4. The van der Waals surface area contributed by atoms with Gasteiger partial charge in [-0.25, -0.2) is 5.43 Å². The van der Waals surface area contributed by atoms with Crippen molar-refractivity contribution in [2.45, 2.75) is 27.7 Å². The highest BCUT2D eigenvalue weighted by Crippen LogP contribution is 2.36. The van der Waals surface area contributed by atoms with E-state index < -0.39 is 11.8 Å². The molecule has 3 aromatic carbocycles. The third-order valence-corrected chi connectivity index (χ3v) is 6.01. The summed E-state index contributed by atoms with van der Waals surface area (Å²) in [6.07, 6.45) is 1.42. The first-order valence-electron chi connectivity index (χ1n) is 12.6. The molecular weight excluding hydrogens is 557 g/mol. The molecule has 2 amide bonds. The van der Waals surface area contributed by atoms with Gasteiger partial charge in [-0.2, -0.15) is 5.10 Å². The second-order valence-corrected chi connectivity index (χ2v) is 9.10. The molecule has 0 bridgehead atoms. The van der Waals surface area contributed by atoms with Crippen molar-refractivity contribution in [1.29, 1.82) is 0 Å². The second kappa shape index (κ2) is 15.0. The maximum absolute atomic E-state index is 12.6. The number of nitrogens with zero attached hydrogens (tertiary/aromatic N) is 1. The summed E-state index contributed by atoms with van der Waals surface area (Å²) in [5, 5.41) is 7.51. The zero-order valence-electron chi connectivity index (χ0n) is 22.7. The van der Waals surface area contributed by atoms with Gasteiger partial charge >= 0.3 is 0 Å². The van der Waals surface area contributed by atoms with Crippen LogP contribution >= 0.6 is 23.2 Å². The Balaban J connectivity index is 1.67. The molecule has 0 aliphatic carbocycles. The van der Waals surface area contributed by atoms with Gasteiger partial charge < -0.3 is 24.3 Å². The lowest BCUT2D eigenvalue weighted by Gasteiger charge is -2.14. The van der Waals surface area contributed by atoms with Gasteiger partial charge in [0.15, 0.2) is 29.6 Å². The van der Waals surface area contributed by atoms with Crippen LogP contribution in [0.3, 0.4) is 0 Å². The first-order chi connectivity index (χ1) is 19.2. The molecule has 3 aromatic rings. The van der Waals surface area contributed by atoms with E-state index in [1.807, 2.05) is 26.8 Å². The van der Waals surface area contributed by atoms with Crippen LogP contribution in [0, 0.1) is 6.92 Å². The lowest BCUT2D eigenvalue weighted by Crippen LogP contribution is -2.20. The quantitative estimate of drug-likeness (QED) is 0.180. The number of hydrazone groups is 1.